The van der Waals surface area contributed by atoms with E-state index in [9.17, 15) is 30.6 Å². The Morgan fingerprint density at radius 1 is 0.867 bits per heavy atom. The Bertz CT molecular complexity index is 1070. The third-order valence-corrected chi connectivity index (χ3v) is 14.8. The SMILES string of the molecule is CC(C)=CC[C@@H](C[C@H]1CC[C@]2(C)[C@@H]1[C@H](O)C[C@@H]1[C@@]3(C)CC[C@H](O)C(C)(C)[C@@H]3CC[C@]12C)C(C)O[C@@H]1O[C@H](CO)[C@@H](O)[C@H](O)[C@H]1O. The molecule has 4 saturated carbocycles. The standard InChI is InChI=1S/C37H64O8/c1-20(2)9-10-22(21(3)44-33-32(43)31(42)30(41)25(19-38)45-33)17-23-11-15-37(8)29(23)24(39)18-27-35(6)14-13-28(40)34(4,5)26(35)12-16-36(27,37)7/h9,21-33,38-43H,10-19H2,1-8H3/t21?,22-,23+,24+,25+,26-,27+,28-,29-,30+,31-,32+,33+,35-,36+,37+/m0/s1. The first-order chi connectivity index (χ1) is 20.9. The van der Waals surface area contributed by atoms with Gasteiger partial charge >= 0.3 is 0 Å². The summed E-state index contributed by atoms with van der Waals surface area (Å²) >= 11 is 0. The summed E-state index contributed by atoms with van der Waals surface area (Å²) in [7, 11) is 0. The summed E-state index contributed by atoms with van der Waals surface area (Å²) < 4.78 is 12.0. The summed E-state index contributed by atoms with van der Waals surface area (Å²) in [5.41, 5.74) is 1.32. The molecule has 8 nitrogen and oxygen atoms in total. The smallest absolute Gasteiger partial charge is 0.186 e. The quantitative estimate of drug-likeness (QED) is 0.213. The maximum absolute atomic E-state index is 12.1. The van der Waals surface area contributed by atoms with Gasteiger partial charge in [0.2, 0.25) is 0 Å². The Balaban J connectivity index is 1.37. The second-order valence-corrected chi connectivity index (χ2v) is 17.5. The van der Waals surface area contributed by atoms with Crippen molar-refractivity contribution in [3.63, 3.8) is 0 Å². The van der Waals surface area contributed by atoms with Gasteiger partial charge in [0.15, 0.2) is 6.29 Å². The van der Waals surface area contributed by atoms with E-state index in [-0.39, 0.29) is 51.8 Å². The van der Waals surface area contributed by atoms with Crippen LogP contribution in [0.3, 0.4) is 0 Å². The van der Waals surface area contributed by atoms with Crippen molar-refractivity contribution in [2.24, 2.45) is 51.2 Å². The van der Waals surface area contributed by atoms with Crippen molar-refractivity contribution in [1.29, 1.82) is 0 Å². The van der Waals surface area contributed by atoms with Crippen molar-refractivity contribution in [2.45, 2.75) is 162 Å². The minimum Gasteiger partial charge on any atom is -0.394 e. The lowest BCUT2D eigenvalue weighted by molar-refractivity contribution is -0.313. The second kappa shape index (κ2) is 12.7. The number of allylic oxidation sites excluding steroid dienone is 2. The molecule has 0 aromatic heterocycles. The van der Waals surface area contributed by atoms with Crippen LogP contribution in [0.15, 0.2) is 11.6 Å². The van der Waals surface area contributed by atoms with Gasteiger partial charge in [0.05, 0.1) is 24.9 Å². The maximum atomic E-state index is 12.1. The number of hydrogen-bond acceptors (Lipinski definition) is 8. The normalized spacial score (nSPS) is 50.6. The lowest BCUT2D eigenvalue weighted by Crippen LogP contribution is -2.66. The van der Waals surface area contributed by atoms with Crippen LogP contribution in [-0.4, -0.2) is 86.3 Å². The van der Waals surface area contributed by atoms with Crippen LogP contribution >= 0.6 is 0 Å². The zero-order valence-electron chi connectivity index (χ0n) is 29.2. The van der Waals surface area contributed by atoms with Gasteiger partial charge in [-0.1, -0.05) is 46.3 Å². The molecule has 0 spiro atoms. The minimum atomic E-state index is -1.47. The molecule has 5 rings (SSSR count). The molecule has 6 N–H and O–H groups in total. The average Bonchev–Trinajstić information content (AvgIpc) is 3.32. The fourth-order valence-corrected chi connectivity index (χ4v) is 11.9. The Kier molecular flexibility index (Phi) is 10.1. The number of hydrogen-bond donors (Lipinski definition) is 6. The van der Waals surface area contributed by atoms with E-state index >= 15 is 0 Å². The highest BCUT2D eigenvalue weighted by atomic mass is 16.7. The number of ether oxygens (including phenoxy) is 2. The van der Waals surface area contributed by atoms with E-state index in [2.05, 4.69) is 54.5 Å². The van der Waals surface area contributed by atoms with Crippen LogP contribution < -0.4 is 0 Å². The largest absolute Gasteiger partial charge is 0.394 e. The van der Waals surface area contributed by atoms with Crippen LogP contribution in [-0.2, 0) is 9.47 Å². The topological polar surface area (TPSA) is 140 Å². The van der Waals surface area contributed by atoms with E-state index in [0.717, 1.165) is 57.8 Å². The summed E-state index contributed by atoms with van der Waals surface area (Å²) in [6.07, 6.45) is 3.53. The predicted octanol–water partition coefficient (Wildman–Crippen LogP) is 4.57. The van der Waals surface area contributed by atoms with Crippen molar-refractivity contribution in [1.82, 2.24) is 0 Å². The minimum absolute atomic E-state index is 0.0105. The predicted molar refractivity (Wildman–Crippen MR) is 173 cm³/mol. The van der Waals surface area contributed by atoms with E-state index in [1.165, 1.54) is 5.57 Å². The molecule has 1 heterocycles. The van der Waals surface area contributed by atoms with Gasteiger partial charge < -0.3 is 40.1 Å². The molecule has 5 aliphatic rings. The molecular weight excluding hydrogens is 572 g/mol. The lowest BCUT2D eigenvalue weighted by Gasteiger charge is -2.70. The van der Waals surface area contributed by atoms with E-state index in [1.807, 2.05) is 6.92 Å². The van der Waals surface area contributed by atoms with Crippen molar-refractivity contribution < 1.29 is 40.1 Å². The van der Waals surface area contributed by atoms with Crippen LogP contribution in [0.1, 0.15) is 113 Å². The molecule has 1 unspecified atom stereocenters. The van der Waals surface area contributed by atoms with E-state index < -0.39 is 37.3 Å². The first kappa shape index (κ1) is 35.7. The Labute approximate surface area is 271 Å². The molecule has 260 valence electrons. The van der Waals surface area contributed by atoms with Gasteiger partial charge in [0.25, 0.3) is 0 Å². The van der Waals surface area contributed by atoms with E-state index in [0.29, 0.717) is 17.8 Å². The van der Waals surface area contributed by atoms with E-state index in [1.54, 1.807) is 0 Å². The molecule has 1 aliphatic heterocycles. The molecule has 16 atom stereocenters. The summed E-state index contributed by atoms with van der Waals surface area (Å²) in [4.78, 5) is 0. The van der Waals surface area contributed by atoms with Crippen LogP contribution in [0.5, 0.6) is 0 Å². The van der Waals surface area contributed by atoms with E-state index in [4.69, 9.17) is 9.47 Å². The van der Waals surface area contributed by atoms with Gasteiger partial charge in [-0.3, -0.25) is 0 Å². The molecule has 8 heteroatoms. The van der Waals surface area contributed by atoms with Crippen molar-refractivity contribution in [3.05, 3.63) is 11.6 Å². The fraction of sp³-hybridized carbons (Fsp3) is 0.946. The highest BCUT2D eigenvalue weighted by Gasteiger charge is 2.70. The molecule has 1 saturated heterocycles. The first-order valence-electron chi connectivity index (χ1n) is 17.9. The maximum Gasteiger partial charge on any atom is 0.186 e. The van der Waals surface area contributed by atoms with Gasteiger partial charge in [-0.25, -0.2) is 0 Å². The average molecular weight is 637 g/mol. The number of aliphatic hydroxyl groups excluding tert-OH is 6. The molecule has 0 amide bonds. The van der Waals surface area contributed by atoms with Gasteiger partial charge in [0.1, 0.15) is 24.4 Å². The molecule has 0 bridgehead atoms. The number of fused-ring (bicyclic) bond motifs is 5. The third-order valence-electron chi connectivity index (χ3n) is 14.8. The van der Waals surface area contributed by atoms with Crippen molar-refractivity contribution in [3.8, 4) is 0 Å². The molecule has 5 fully saturated rings. The number of aliphatic hydroxyl groups is 6. The van der Waals surface area contributed by atoms with Crippen LogP contribution in [0.4, 0.5) is 0 Å². The Hall–Kier alpha value is -0.580. The monoisotopic (exact) mass is 636 g/mol. The highest BCUT2D eigenvalue weighted by Crippen LogP contribution is 2.75. The Morgan fingerprint density at radius 3 is 2.18 bits per heavy atom. The summed E-state index contributed by atoms with van der Waals surface area (Å²) in [5, 5.41) is 64.0. The van der Waals surface area contributed by atoms with Crippen molar-refractivity contribution in [2.75, 3.05) is 6.61 Å². The molecule has 0 radical (unpaired) electrons. The fourth-order valence-electron chi connectivity index (χ4n) is 11.9. The van der Waals surface area contributed by atoms with Gasteiger partial charge in [-0.05, 0) is 130 Å². The van der Waals surface area contributed by atoms with Crippen LogP contribution in [0.2, 0.25) is 0 Å². The first-order valence-corrected chi connectivity index (χ1v) is 17.9. The zero-order chi connectivity index (χ0) is 33.3. The summed E-state index contributed by atoms with van der Waals surface area (Å²) in [6.45, 7) is 17.7. The van der Waals surface area contributed by atoms with Crippen LogP contribution in [0.25, 0.3) is 0 Å². The molecule has 45 heavy (non-hydrogen) atoms. The molecular formula is C37H64O8. The Morgan fingerprint density at radius 2 is 1.53 bits per heavy atom. The highest BCUT2D eigenvalue weighted by molar-refractivity contribution is 5.19. The summed E-state index contributed by atoms with van der Waals surface area (Å²) in [5.74, 6) is 1.47. The number of rotatable bonds is 8. The summed E-state index contributed by atoms with van der Waals surface area (Å²) in [6, 6.07) is 0. The molecule has 0 aromatic carbocycles. The van der Waals surface area contributed by atoms with Gasteiger partial charge in [0, 0.05) is 0 Å². The molecule has 4 aliphatic carbocycles. The second-order valence-electron chi connectivity index (χ2n) is 17.5. The zero-order valence-corrected chi connectivity index (χ0v) is 29.2. The van der Waals surface area contributed by atoms with Crippen molar-refractivity contribution >= 4 is 0 Å². The van der Waals surface area contributed by atoms with Gasteiger partial charge in [-0.15, -0.1) is 0 Å². The van der Waals surface area contributed by atoms with Gasteiger partial charge in [-0.2, -0.15) is 0 Å². The lowest BCUT2D eigenvalue weighted by atomic mass is 9.35. The third kappa shape index (κ3) is 5.79. The molecule has 0 aromatic rings. The van der Waals surface area contributed by atoms with Crippen LogP contribution in [0, 0.1) is 51.2 Å².